The van der Waals surface area contributed by atoms with Gasteiger partial charge in [-0.3, -0.25) is 9.59 Å². The number of carbonyl (C=O) groups excluding carboxylic acids is 2. The first-order chi connectivity index (χ1) is 9.36. The fourth-order valence-corrected chi connectivity index (χ4v) is 1.66. The molecule has 1 fully saturated rings. The first kappa shape index (κ1) is 16.9. The van der Waals surface area contributed by atoms with Gasteiger partial charge in [-0.15, -0.1) is 0 Å². The summed E-state index contributed by atoms with van der Waals surface area (Å²) in [4.78, 5) is 22.9. The lowest BCUT2D eigenvalue weighted by Gasteiger charge is -2.28. The van der Waals surface area contributed by atoms with E-state index in [4.69, 9.17) is 18.9 Å². The second-order valence-corrected chi connectivity index (χ2v) is 5.70. The average Bonchev–Trinajstić information content (AvgIpc) is 2.29. The second-order valence-electron chi connectivity index (χ2n) is 5.70. The van der Waals surface area contributed by atoms with Crippen molar-refractivity contribution < 1.29 is 28.5 Å². The molecule has 0 aromatic carbocycles. The molecule has 0 radical (unpaired) electrons. The Morgan fingerprint density at radius 3 is 1.50 bits per heavy atom. The fourth-order valence-electron chi connectivity index (χ4n) is 1.66. The molecular weight excluding hydrogens is 264 g/mol. The summed E-state index contributed by atoms with van der Waals surface area (Å²) < 4.78 is 20.8. The van der Waals surface area contributed by atoms with E-state index in [0.29, 0.717) is 12.8 Å². The minimum Gasteiger partial charge on any atom is -0.433 e. The molecule has 0 aromatic rings. The predicted molar refractivity (Wildman–Crippen MR) is 70.6 cm³/mol. The van der Waals surface area contributed by atoms with Gasteiger partial charge < -0.3 is 18.9 Å². The maximum atomic E-state index is 11.5. The maximum absolute atomic E-state index is 11.5. The van der Waals surface area contributed by atoms with Crippen molar-refractivity contribution >= 4 is 11.9 Å². The van der Waals surface area contributed by atoms with Crippen LogP contribution in [0.3, 0.4) is 0 Å². The van der Waals surface area contributed by atoms with Crippen molar-refractivity contribution in [3.8, 4) is 0 Å². The molecule has 0 spiro atoms. The first-order valence-corrected chi connectivity index (χ1v) is 6.99. The maximum Gasteiger partial charge on any atom is 0.308 e. The molecule has 1 aliphatic heterocycles. The van der Waals surface area contributed by atoms with Gasteiger partial charge >= 0.3 is 11.9 Å². The normalized spacial score (nSPS) is 22.9. The summed E-state index contributed by atoms with van der Waals surface area (Å²) in [5.41, 5.74) is 0. The highest BCUT2D eigenvalue weighted by molar-refractivity contribution is 5.70. The molecule has 0 N–H and O–H groups in total. The lowest BCUT2D eigenvalue weighted by Crippen LogP contribution is -2.40. The minimum absolute atomic E-state index is 0.0729. The highest BCUT2D eigenvalue weighted by Gasteiger charge is 2.27. The van der Waals surface area contributed by atoms with Crippen molar-refractivity contribution in [2.45, 2.75) is 53.1 Å². The Morgan fingerprint density at radius 2 is 1.25 bits per heavy atom. The van der Waals surface area contributed by atoms with Gasteiger partial charge in [-0.05, 0) is 11.8 Å². The molecule has 20 heavy (non-hydrogen) atoms. The van der Waals surface area contributed by atoms with Gasteiger partial charge in [0.1, 0.15) is 13.2 Å². The summed E-state index contributed by atoms with van der Waals surface area (Å²) in [6, 6.07) is 0. The molecule has 2 atom stereocenters. The summed E-state index contributed by atoms with van der Waals surface area (Å²) in [6.07, 6.45) is -0.762. The van der Waals surface area contributed by atoms with Crippen molar-refractivity contribution in [3.63, 3.8) is 0 Å². The van der Waals surface area contributed by atoms with E-state index in [0.717, 1.165) is 0 Å². The second kappa shape index (κ2) is 8.21. The third kappa shape index (κ3) is 6.86. The van der Waals surface area contributed by atoms with Crippen LogP contribution in [0.15, 0.2) is 0 Å². The molecule has 0 bridgehead atoms. The third-order valence-corrected chi connectivity index (χ3v) is 2.51. The van der Waals surface area contributed by atoms with E-state index in [2.05, 4.69) is 0 Å². The summed E-state index contributed by atoms with van der Waals surface area (Å²) in [5.74, 6) is -0.166. The van der Waals surface area contributed by atoms with Crippen molar-refractivity contribution in [2.24, 2.45) is 11.8 Å². The van der Waals surface area contributed by atoms with Crippen LogP contribution in [0.1, 0.15) is 40.5 Å². The molecule has 1 rings (SSSR count). The Kier molecular flexibility index (Phi) is 6.95. The standard InChI is InChI=1S/C14H24O6/c1-9(2)5-11(15)19-13-7-18-14(8-17-13)20-12(16)6-10(3)4/h9-10,13-14H,5-8H2,1-4H3. The molecule has 2 unspecified atom stereocenters. The van der Waals surface area contributed by atoms with Gasteiger partial charge in [0.25, 0.3) is 0 Å². The molecule has 1 heterocycles. The van der Waals surface area contributed by atoms with E-state index in [9.17, 15) is 9.59 Å². The smallest absolute Gasteiger partial charge is 0.308 e. The number of ether oxygens (including phenoxy) is 4. The van der Waals surface area contributed by atoms with Crippen LogP contribution < -0.4 is 0 Å². The number of esters is 2. The van der Waals surface area contributed by atoms with E-state index in [-0.39, 0.29) is 37.0 Å². The van der Waals surface area contributed by atoms with Crippen molar-refractivity contribution in [1.29, 1.82) is 0 Å². The van der Waals surface area contributed by atoms with Crippen LogP contribution in [0.5, 0.6) is 0 Å². The van der Waals surface area contributed by atoms with Gasteiger partial charge in [0, 0.05) is 12.8 Å². The van der Waals surface area contributed by atoms with Crippen LogP contribution in [0.4, 0.5) is 0 Å². The zero-order valence-corrected chi connectivity index (χ0v) is 12.6. The zero-order chi connectivity index (χ0) is 15.1. The van der Waals surface area contributed by atoms with Crippen LogP contribution >= 0.6 is 0 Å². The van der Waals surface area contributed by atoms with Gasteiger partial charge in [-0.25, -0.2) is 0 Å². The highest BCUT2D eigenvalue weighted by atomic mass is 16.8. The van der Waals surface area contributed by atoms with Gasteiger partial charge in [-0.1, -0.05) is 27.7 Å². The largest absolute Gasteiger partial charge is 0.433 e. The first-order valence-electron chi connectivity index (χ1n) is 6.99. The Balaban J connectivity index is 2.23. The SMILES string of the molecule is CC(C)CC(=O)OC1COC(OC(=O)CC(C)C)CO1. The highest BCUT2D eigenvalue weighted by Crippen LogP contribution is 2.13. The van der Waals surface area contributed by atoms with Gasteiger partial charge in [0.15, 0.2) is 0 Å². The number of rotatable bonds is 6. The third-order valence-electron chi connectivity index (χ3n) is 2.51. The molecule has 0 amide bonds. The van der Waals surface area contributed by atoms with Gasteiger partial charge in [0.05, 0.1) is 0 Å². The van der Waals surface area contributed by atoms with Crippen LogP contribution in [0.25, 0.3) is 0 Å². The number of carbonyl (C=O) groups is 2. The zero-order valence-electron chi connectivity index (χ0n) is 12.6. The molecule has 0 aliphatic carbocycles. The molecule has 6 heteroatoms. The molecule has 1 saturated heterocycles. The predicted octanol–water partition coefficient (Wildman–Crippen LogP) is 1.86. The molecule has 1 aliphatic rings. The molecule has 6 nitrogen and oxygen atoms in total. The molecular formula is C14H24O6. The van der Waals surface area contributed by atoms with E-state index in [1.165, 1.54) is 0 Å². The van der Waals surface area contributed by atoms with Gasteiger partial charge in [0.2, 0.25) is 12.6 Å². The monoisotopic (exact) mass is 288 g/mol. The van der Waals surface area contributed by atoms with Crippen LogP contribution in [-0.4, -0.2) is 37.7 Å². The molecule has 116 valence electrons. The van der Waals surface area contributed by atoms with E-state index in [1.807, 2.05) is 27.7 Å². The van der Waals surface area contributed by atoms with Crippen LogP contribution in [0.2, 0.25) is 0 Å². The Bertz CT molecular complexity index is 286. The number of hydrogen-bond acceptors (Lipinski definition) is 6. The molecule has 0 saturated carbocycles. The topological polar surface area (TPSA) is 71.1 Å². The average molecular weight is 288 g/mol. The quantitative estimate of drug-likeness (QED) is 0.695. The lowest BCUT2D eigenvalue weighted by atomic mass is 10.1. The Morgan fingerprint density at radius 1 is 0.900 bits per heavy atom. The van der Waals surface area contributed by atoms with Crippen molar-refractivity contribution in [2.75, 3.05) is 13.2 Å². The minimum atomic E-state index is -0.721. The number of hydrogen-bond donors (Lipinski definition) is 0. The van der Waals surface area contributed by atoms with Gasteiger partial charge in [-0.2, -0.15) is 0 Å². The fraction of sp³-hybridized carbons (Fsp3) is 0.857. The van der Waals surface area contributed by atoms with Crippen LogP contribution in [0, 0.1) is 11.8 Å². The van der Waals surface area contributed by atoms with Crippen molar-refractivity contribution in [3.05, 3.63) is 0 Å². The van der Waals surface area contributed by atoms with E-state index >= 15 is 0 Å². The summed E-state index contributed by atoms with van der Waals surface area (Å²) in [7, 11) is 0. The van der Waals surface area contributed by atoms with E-state index < -0.39 is 12.6 Å². The molecule has 0 aromatic heterocycles. The Hall–Kier alpha value is -1.14. The van der Waals surface area contributed by atoms with Crippen molar-refractivity contribution in [1.82, 2.24) is 0 Å². The Labute approximate surface area is 119 Å². The van der Waals surface area contributed by atoms with E-state index in [1.54, 1.807) is 0 Å². The lowest BCUT2D eigenvalue weighted by molar-refractivity contribution is -0.277. The summed E-state index contributed by atoms with van der Waals surface area (Å²) in [5, 5.41) is 0. The summed E-state index contributed by atoms with van der Waals surface area (Å²) in [6.45, 7) is 7.88. The van der Waals surface area contributed by atoms with Crippen LogP contribution in [-0.2, 0) is 28.5 Å². The summed E-state index contributed by atoms with van der Waals surface area (Å²) >= 11 is 0.